The Hall–Kier alpha value is -2.98. The van der Waals surface area contributed by atoms with Gasteiger partial charge in [0, 0.05) is 25.0 Å². The fourth-order valence-electron chi connectivity index (χ4n) is 3.02. The number of methoxy groups -OCH3 is 3. The van der Waals surface area contributed by atoms with Crippen LogP contribution in [-0.2, 0) is 19.6 Å². The summed E-state index contributed by atoms with van der Waals surface area (Å²) < 4.78 is 44.2. The molecule has 0 aliphatic carbocycles. The van der Waals surface area contributed by atoms with Crippen molar-refractivity contribution in [1.82, 2.24) is 0 Å². The largest absolute Gasteiger partial charge is 0.495 e. The molecular weight excluding hydrogens is 436 g/mol. The molecule has 0 radical (unpaired) electrons. The fourth-order valence-corrected chi connectivity index (χ4v) is 4.50. The van der Waals surface area contributed by atoms with E-state index < -0.39 is 21.8 Å². The zero-order chi connectivity index (χ0) is 22.1. The molecule has 0 atom stereocenters. The Balaban J connectivity index is 2.07. The minimum atomic E-state index is -4.22. The first-order chi connectivity index (χ1) is 14.2. The van der Waals surface area contributed by atoms with E-state index in [-0.39, 0.29) is 51.4 Å². The maximum Gasteiger partial charge on any atom is 0.265 e. The highest BCUT2D eigenvalue weighted by atomic mass is 35.5. The van der Waals surface area contributed by atoms with Gasteiger partial charge in [-0.25, -0.2) is 8.42 Å². The lowest BCUT2D eigenvalue weighted by atomic mass is 10.2. The molecule has 0 unspecified atom stereocenters. The molecule has 1 fully saturated rings. The monoisotopic (exact) mass is 454 g/mol. The molecule has 0 saturated carbocycles. The van der Waals surface area contributed by atoms with E-state index in [0.29, 0.717) is 0 Å². The molecule has 1 saturated heterocycles. The topological polar surface area (TPSA) is 111 Å². The summed E-state index contributed by atoms with van der Waals surface area (Å²) in [5, 5.41) is 0.239. The molecular formula is C19H19ClN2O7S. The maximum atomic E-state index is 13.2. The van der Waals surface area contributed by atoms with Crippen molar-refractivity contribution in [3.63, 3.8) is 0 Å². The molecule has 1 heterocycles. The molecule has 1 N–H and O–H groups in total. The lowest BCUT2D eigenvalue weighted by Crippen LogP contribution is -2.28. The Morgan fingerprint density at radius 3 is 2.07 bits per heavy atom. The van der Waals surface area contributed by atoms with Crippen LogP contribution in [0.25, 0.3) is 0 Å². The molecule has 160 valence electrons. The standard InChI is InChI=1S/C19H19ClN2O7S/c1-27-14-5-4-11(22-18(23)6-7-19(22)24)8-17(14)30(25,26)21-13-10-15(28-2)12(20)9-16(13)29-3/h4-5,8-10,21H,6-7H2,1-3H3. The normalized spacial score (nSPS) is 14.1. The van der Waals surface area contributed by atoms with Crippen LogP contribution in [0.4, 0.5) is 11.4 Å². The van der Waals surface area contributed by atoms with Crippen molar-refractivity contribution in [2.24, 2.45) is 0 Å². The summed E-state index contributed by atoms with van der Waals surface area (Å²) in [7, 11) is -0.151. The van der Waals surface area contributed by atoms with Gasteiger partial charge in [-0.1, -0.05) is 11.6 Å². The summed E-state index contributed by atoms with van der Waals surface area (Å²) in [6.45, 7) is 0. The zero-order valence-electron chi connectivity index (χ0n) is 16.4. The van der Waals surface area contributed by atoms with Crippen LogP contribution in [0.5, 0.6) is 17.2 Å². The third kappa shape index (κ3) is 4.01. The molecule has 11 heteroatoms. The van der Waals surface area contributed by atoms with E-state index in [9.17, 15) is 18.0 Å². The van der Waals surface area contributed by atoms with Crippen molar-refractivity contribution >= 4 is 44.8 Å². The number of carbonyl (C=O) groups is 2. The highest BCUT2D eigenvalue weighted by Crippen LogP contribution is 2.38. The van der Waals surface area contributed by atoms with Gasteiger partial charge in [-0.3, -0.25) is 19.2 Å². The average molecular weight is 455 g/mol. The van der Waals surface area contributed by atoms with Gasteiger partial charge in [0.2, 0.25) is 11.8 Å². The number of halogens is 1. The molecule has 2 aromatic carbocycles. The van der Waals surface area contributed by atoms with Crippen LogP contribution in [-0.4, -0.2) is 41.6 Å². The summed E-state index contributed by atoms with van der Waals surface area (Å²) in [6, 6.07) is 6.82. The summed E-state index contributed by atoms with van der Waals surface area (Å²) in [6.07, 6.45) is 0.153. The summed E-state index contributed by atoms with van der Waals surface area (Å²) in [5.41, 5.74) is 0.226. The molecule has 9 nitrogen and oxygen atoms in total. The number of nitrogens with one attached hydrogen (secondary N) is 1. The number of imide groups is 1. The predicted octanol–water partition coefficient (Wildman–Crippen LogP) is 2.82. The lowest BCUT2D eigenvalue weighted by molar-refractivity contribution is -0.121. The van der Waals surface area contributed by atoms with Crippen LogP contribution in [0.1, 0.15) is 12.8 Å². The van der Waals surface area contributed by atoms with E-state index in [1.165, 1.54) is 51.7 Å². The zero-order valence-corrected chi connectivity index (χ0v) is 18.0. The predicted molar refractivity (Wildman–Crippen MR) is 110 cm³/mol. The van der Waals surface area contributed by atoms with Gasteiger partial charge in [-0.05, 0) is 18.2 Å². The van der Waals surface area contributed by atoms with Gasteiger partial charge in [-0.2, -0.15) is 0 Å². The number of benzene rings is 2. The Bertz CT molecular complexity index is 1100. The number of sulfonamides is 1. The Labute approximate surface area is 178 Å². The number of anilines is 2. The van der Waals surface area contributed by atoms with Gasteiger partial charge >= 0.3 is 0 Å². The summed E-state index contributed by atoms with van der Waals surface area (Å²) >= 11 is 6.07. The first-order valence-corrected chi connectivity index (χ1v) is 10.6. The Morgan fingerprint density at radius 2 is 1.50 bits per heavy atom. The Kier molecular flexibility index (Phi) is 6.09. The average Bonchev–Trinajstić information content (AvgIpc) is 3.06. The van der Waals surface area contributed by atoms with Crippen LogP contribution in [0, 0.1) is 0 Å². The second-order valence-electron chi connectivity index (χ2n) is 6.25. The van der Waals surface area contributed by atoms with Crippen LogP contribution in [0.2, 0.25) is 5.02 Å². The third-order valence-electron chi connectivity index (χ3n) is 4.46. The van der Waals surface area contributed by atoms with E-state index in [0.717, 1.165) is 4.90 Å². The number of nitrogens with zero attached hydrogens (tertiary/aromatic N) is 1. The number of ether oxygens (including phenoxy) is 3. The molecule has 0 aromatic heterocycles. The number of hydrogen-bond donors (Lipinski definition) is 1. The van der Waals surface area contributed by atoms with Crippen molar-refractivity contribution in [3.05, 3.63) is 35.4 Å². The van der Waals surface area contributed by atoms with Gasteiger partial charge in [0.25, 0.3) is 10.0 Å². The van der Waals surface area contributed by atoms with E-state index in [4.69, 9.17) is 25.8 Å². The first-order valence-electron chi connectivity index (χ1n) is 8.70. The van der Waals surface area contributed by atoms with Crippen molar-refractivity contribution in [2.75, 3.05) is 31.0 Å². The van der Waals surface area contributed by atoms with Crippen molar-refractivity contribution in [1.29, 1.82) is 0 Å². The van der Waals surface area contributed by atoms with Gasteiger partial charge in [0.15, 0.2) is 0 Å². The summed E-state index contributed by atoms with van der Waals surface area (Å²) in [5.74, 6) is -0.352. The highest BCUT2D eigenvalue weighted by Gasteiger charge is 2.32. The smallest absolute Gasteiger partial charge is 0.265 e. The van der Waals surface area contributed by atoms with E-state index >= 15 is 0 Å². The van der Waals surface area contributed by atoms with Crippen molar-refractivity contribution < 1.29 is 32.2 Å². The first kappa shape index (κ1) is 21.7. The van der Waals surface area contributed by atoms with Crippen molar-refractivity contribution in [2.45, 2.75) is 17.7 Å². The summed E-state index contributed by atoms with van der Waals surface area (Å²) in [4.78, 5) is 24.8. The third-order valence-corrected chi connectivity index (χ3v) is 6.15. The molecule has 2 amide bonds. The molecule has 2 aromatic rings. The van der Waals surface area contributed by atoms with Gasteiger partial charge in [0.1, 0.15) is 22.1 Å². The molecule has 0 bridgehead atoms. The number of carbonyl (C=O) groups excluding carboxylic acids is 2. The molecule has 30 heavy (non-hydrogen) atoms. The fraction of sp³-hybridized carbons (Fsp3) is 0.263. The van der Waals surface area contributed by atoms with E-state index in [1.807, 2.05) is 0 Å². The highest BCUT2D eigenvalue weighted by molar-refractivity contribution is 7.92. The lowest BCUT2D eigenvalue weighted by Gasteiger charge is -2.18. The SMILES string of the molecule is COc1cc(NS(=O)(=O)c2cc(N3C(=O)CCC3=O)ccc2OC)c(OC)cc1Cl. The van der Waals surface area contributed by atoms with Crippen molar-refractivity contribution in [3.8, 4) is 17.2 Å². The number of rotatable bonds is 7. The van der Waals surface area contributed by atoms with E-state index in [2.05, 4.69) is 4.72 Å². The van der Waals surface area contributed by atoms with Crippen LogP contribution < -0.4 is 23.8 Å². The number of hydrogen-bond acceptors (Lipinski definition) is 7. The molecule has 1 aliphatic heterocycles. The minimum absolute atomic E-state index is 0.0326. The second-order valence-corrected chi connectivity index (χ2v) is 8.31. The number of amides is 2. The molecule has 1 aliphatic rings. The molecule has 0 spiro atoms. The minimum Gasteiger partial charge on any atom is -0.495 e. The van der Waals surface area contributed by atoms with Crippen LogP contribution in [0.15, 0.2) is 35.2 Å². The van der Waals surface area contributed by atoms with Gasteiger partial charge in [0.05, 0.1) is 37.7 Å². The molecule has 3 rings (SSSR count). The second kappa shape index (κ2) is 8.41. The van der Waals surface area contributed by atoms with Crippen LogP contribution >= 0.6 is 11.6 Å². The maximum absolute atomic E-state index is 13.2. The van der Waals surface area contributed by atoms with Gasteiger partial charge in [-0.15, -0.1) is 0 Å². The van der Waals surface area contributed by atoms with E-state index in [1.54, 1.807) is 0 Å². The van der Waals surface area contributed by atoms with Gasteiger partial charge < -0.3 is 14.2 Å². The Morgan fingerprint density at radius 1 is 0.900 bits per heavy atom. The van der Waals surface area contributed by atoms with Crippen LogP contribution in [0.3, 0.4) is 0 Å². The quantitative estimate of drug-likeness (QED) is 0.640.